The van der Waals surface area contributed by atoms with Gasteiger partial charge in [-0.05, 0) is 42.3 Å². The van der Waals surface area contributed by atoms with Gasteiger partial charge in [-0.1, -0.05) is 66.4 Å². The van der Waals surface area contributed by atoms with Crippen LogP contribution < -0.4 is 0 Å². The van der Waals surface area contributed by atoms with Crippen molar-refractivity contribution < 1.29 is 9.18 Å². The zero-order valence-electron chi connectivity index (χ0n) is 17.9. The van der Waals surface area contributed by atoms with E-state index in [0.717, 1.165) is 22.4 Å². The Morgan fingerprint density at radius 3 is 2.38 bits per heavy atom. The molecule has 0 bridgehead atoms. The molecule has 32 heavy (non-hydrogen) atoms. The molecule has 0 spiro atoms. The van der Waals surface area contributed by atoms with Gasteiger partial charge in [0.2, 0.25) is 5.91 Å². The summed E-state index contributed by atoms with van der Waals surface area (Å²) in [5, 5.41) is 9.27. The minimum Gasteiger partial charge on any atom is -0.341 e. The average molecular weight is 447 g/mol. The topological polar surface area (TPSA) is 51.0 Å². The second-order valence-corrected chi connectivity index (χ2v) is 8.39. The summed E-state index contributed by atoms with van der Waals surface area (Å²) in [7, 11) is 1.80. The van der Waals surface area contributed by atoms with Crippen LogP contribution in [0.1, 0.15) is 11.1 Å². The van der Waals surface area contributed by atoms with Crippen LogP contribution in [0.4, 0.5) is 4.39 Å². The normalized spacial score (nSPS) is 10.8. The summed E-state index contributed by atoms with van der Waals surface area (Å²) in [4.78, 5) is 14.5. The standard InChI is InChI=1S/C25H23FN4OS/c1-18-8-6-7-11-20(18)16-29(2)23(31)17-32-25-28-27-24(19-9-4-3-5-10-19)30(25)22-14-12-21(26)13-15-22/h3-15H,16-17H2,1-2H3. The fourth-order valence-electron chi connectivity index (χ4n) is 3.33. The van der Waals surface area contributed by atoms with Gasteiger partial charge in [0.25, 0.3) is 0 Å². The predicted octanol–water partition coefficient (Wildman–Crippen LogP) is 5.13. The second kappa shape index (κ2) is 9.78. The van der Waals surface area contributed by atoms with Gasteiger partial charge in [0.05, 0.1) is 5.75 Å². The van der Waals surface area contributed by atoms with E-state index in [4.69, 9.17) is 0 Å². The van der Waals surface area contributed by atoms with Crippen LogP contribution in [0.3, 0.4) is 0 Å². The van der Waals surface area contributed by atoms with Gasteiger partial charge in [0, 0.05) is 24.8 Å². The molecule has 0 radical (unpaired) electrons. The Morgan fingerprint density at radius 1 is 0.969 bits per heavy atom. The largest absolute Gasteiger partial charge is 0.341 e. The van der Waals surface area contributed by atoms with Crippen LogP contribution in [-0.4, -0.2) is 38.4 Å². The van der Waals surface area contributed by atoms with Crippen molar-refractivity contribution in [3.63, 3.8) is 0 Å². The Balaban J connectivity index is 1.56. The molecular weight excluding hydrogens is 423 g/mol. The summed E-state index contributed by atoms with van der Waals surface area (Å²) in [5.74, 6) is 0.537. The third-order valence-electron chi connectivity index (χ3n) is 5.17. The monoisotopic (exact) mass is 446 g/mol. The molecule has 0 saturated carbocycles. The minimum atomic E-state index is -0.315. The molecule has 0 unspecified atom stereocenters. The van der Waals surface area contributed by atoms with Crippen molar-refractivity contribution >= 4 is 17.7 Å². The van der Waals surface area contributed by atoms with Crippen LogP contribution in [0.2, 0.25) is 0 Å². The van der Waals surface area contributed by atoms with E-state index in [1.165, 1.54) is 23.9 Å². The molecule has 0 N–H and O–H groups in total. The molecule has 0 saturated heterocycles. The van der Waals surface area contributed by atoms with Crippen molar-refractivity contribution in [2.75, 3.05) is 12.8 Å². The number of hydrogen-bond acceptors (Lipinski definition) is 4. The summed E-state index contributed by atoms with van der Waals surface area (Å²) in [5.41, 5.74) is 3.90. The van der Waals surface area contributed by atoms with Crippen molar-refractivity contribution in [1.29, 1.82) is 0 Å². The summed E-state index contributed by atoms with van der Waals surface area (Å²) in [6.07, 6.45) is 0. The van der Waals surface area contributed by atoms with E-state index < -0.39 is 0 Å². The van der Waals surface area contributed by atoms with Gasteiger partial charge in [-0.3, -0.25) is 9.36 Å². The molecule has 0 aliphatic heterocycles. The first kappa shape index (κ1) is 21.8. The number of hydrogen-bond donors (Lipinski definition) is 0. The van der Waals surface area contributed by atoms with E-state index in [2.05, 4.69) is 10.2 Å². The van der Waals surface area contributed by atoms with Crippen LogP contribution in [-0.2, 0) is 11.3 Å². The number of thioether (sulfide) groups is 1. The first-order valence-electron chi connectivity index (χ1n) is 10.2. The Labute approximate surface area is 190 Å². The lowest BCUT2D eigenvalue weighted by Crippen LogP contribution is -2.28. The molecule has 7 heteroatoms. The number of amides is 1. The number of benzene rings is 3. The molecule has 5 nitrogen and oxygen atoms in total. The lowest BCUT2D eigenvalue weighted by Gasteiger charge is -2.18. The molecule has 1 aromatic heterocycles. The number of carbonyl (C=O) groups is 1. The van der Waals surface area contributed by atoms with Crippen molar-refractivity contribution in [3.05, 3.63) is 95.8 Å². The number of aromatic nitrogens is 3. The van der Waals surface area contributed by atoms with Crippen molar-refractivity contribution in [2.45, 2.75) is 18.6 Å². The van der Waals surface area contributed by atoms with E-state index in [-0.39, 0.29) is 17.5 Å². The van der Waals surface area contributed by atoms with Crippen LogP contribution in [0.5, 0.6) is 0 Å². The highest BCUT2D eigenvalue weighted by Crippen LogP contribution is 2.28. The van der Waals surface area contributed by atoms with Crippen molar-refractivity contribution in [2.24, 2.45) is 0 Å². The molecule has 0 aliphatic rings. The number of nitrogens with zero attached hydrogens (tertiary/aromatic N) is 4. The zero-order valence-corrected chi connectivity index (χ0v) is 18.7. The fourth-order valence-corrected chi connectivity index (χ4v) is 4.22. The maximum absolute atomic E-state index is 13.5. The van der Waals surface area contributed by atoms with Crippen LogP contribution in [0, 0.1) is 12.7 Å². The highest BCUT2D eigenvalue weighted by Gasteiger charge is 2.18. The number of halogens is 1. The van der Waals surface area contributed by atoms with E-state index in [1.54, 1.807) is 24.1 Å². The van der Waals surface area contributed by atoms with Gasteiger partial charge in [-0.2, -0.15) is 0 Å². The fraction of sp³-hybridized carbons (Fsp3) is 0.160. The summed E-state index contributed by atoms with van der Waals surface area (Å²) in [6, 6.07) is 23.9. The lowest BCUT2D eigenvalue weighted by molar-refractivity contribution is -0.127. The molecule has 0 atom stereocenters. The van der Waals surface area contributed by atoms with E-state index in [0.29, 0.717) is 17.5 Å². The highest BCUT2D eigenvalue weighted by atomic mass is 32.2. The number of carbonyl (C=O) groups excluding carboxylic acids is 1. The van der Waals surface area contributed by atoms with Gasteiger partial charge in [-0.25, -0.2) is 4.39 Å². The first-order valence-corrected chi connectivity index (χ1v) is 11.2. The molecular formula is C25H23FN4OS. The zero-order chi connectivity index (χ0) is 22.5. The van der Waals surface area contributed by atoms with Gasteiger partial charge in [0.15, 0.2) is 11.0 Å². The van der Waals surface area contributed by atoms with Crippen LogP contribution >= 0.6 is 11.8 Å². The third kappa shape index (κ3) is 4.89. The van der Waals surface area contributed by atoms with Gasteiger partial charge >= 0.3 is 0 Å². The quantitative estimate of drug-likeness (QED) is 0.369. The smallest absolute Gasteiger partial charge is 0.233 e. The molecule has 1 amide bonds. The Morgan fingerprint density at radius 2 is 1.66 bits per heavy atom. The Kier molecular flexibility index (Phi) is 6.66. The molecule has 0 aliphatic carbocycles. The highest BCUT2D eigenvalue weighted by molar-refractivity contribution is 7.99. The second-order valence-electron chi connectivity index (χ2n) is 7.45. The first-order chi connectivity index (χ1) is 15.5. The molecule has 1 heterocycles. The summed E-state index contributed by atoms with van der Waals surface area (Å²) < 4.78 is 15.4. The third-order valence-corrected chi connectivity index (χ3v) is 6.08. The summed E-state index contributed by atoms with van der Waals surface area (Å²) in [6.45, 7) is 2.59. The van der Waals surface area contributed by atoms with Crippen molar-refractivity contribution in [1.82, 2.24) is 19.7 Å². The lowest BCUT2D eigenvalue weighted by atomic mass is 10.1. The molecule has 0 fully saturated rings. The SMILES string of the molecule is Cc1ccccc1CN(C)C(=O)CSc1nnc(-c2ccccc2)n1-c1ccc(F)cc1. The molecule has 162 valence electrons. The molecule has 4 rings (SSSR count). The maximum atomic E-state index is 13.5. The van der Waals surface area contributed by atoms with Gasteiger partial charge in [0.1, 0.15) is 5.82 Å². The van der Waals surface area contributed by atoms with E-state index in [9.17, 15) is 9.18 Å². The Bertz CT molecular complexity index is 1210. The van der Waals surface area contributed by atoms with Gasteiger partial charge < -0.3 is 4.90 Å². The van der Waals surface area contributed by atoms with E-state index >= 15 is 0 Å². The van der Waals surface area contributed by atoms with Crippen LogP contribution in [0.15, 0.2) is 84.0 Å². The van der Waals surface area contributed by atoms with E-state index in [1.807, 2.05) is 66.1 Å². The Hall–Kier alpha value is -3.45. The number of aryl methyl sites for hydroxylation is 1. The van der Waals surface area contributed by atoms with Crippen LogP contribution in [0.25, 0.3) is 17.1 Å². The molecule has 4 aromatic rings. The maximum Gasteiger partial charge on any atom is 0.233 e. The van der Waals surface area contributed by atoms with Crippen molar-refractivity contribution in [3.8, 4) is 17.1 Å². The number of rotatable bonds is 7. The van der Waals surface area contributed by atoms with Gasteiger partial charge in [-0.15, -0.1) is 10.2 Å². The minimum absolute atomic E-state index is 0.00632. The average Bonchev–Trinajstić information content (AvgIpc) is 3.24. The molecule has 3 aromatic carbocycles. The predicted molar refractivity (Wildman–Crippen MR) is 125 cm³/mol. The summed E-state index contributed by atoms with van der Waals surface area (Å²) >= 11 is 1.32.